The molecule has 1 saturated heterocycles. The minimum absolute atomic E-state index is 0.349. The molecular weight excluding hydrogens is 218 g/mol. The van der Waals surface area contributed by atoms with Crippen LogP contribution in [0.4, 0.5) is 5.82 Å². The van der Waals surface area contributed by atoms with Crippen LogP contribution in [0.5, 0.6) is 0 Å². The minimum atomic E-state index is 0.349. The summed E-state index contributed by atoms with van der Waals surface area (Å²) in [6, 6.07) is 2.06. The monoisotopic (exact) mass is 225 g/mol. The average molecular weight is 226 g/mol. The summed E-state index contributed by atoms with van der Waals surface area (Å²) in [6.45, 7) is 2.16. The summed E-state index contributed by atoms with van der Waals surface area (Å²) in [5, 5.41) is 3.50. The summed E-state index contributed by atoms with van der Waals surface area (Å²) in [6.07, 6.45) is 1.24. The maximum atomic E-state index is 5.86. The van der Waals surface area contributed by atoms with Crippen LogP contribution in [0.3, 0.4) is 0 Å². The Morgan fingerprint density at radius 3 is 2.93 bits per heavy atom. The molecule has 0 aliphatic carbocycles. The second kappa shape index (κ2) is 3.07. The number of aromatic nitrogens is 2. The number of anilines is 1. The molecule has 0 saturated carbocycles. The van der Waals surface area contributed by atoms with Gasteiger partial charge in [0.2, 0.25) is 5.28 Å². The summed E-state index contributed by atoms with van der Waals surface area (Å²) in [7, 11) is 0. The molecule has 5 heteroatoms. The quantitative estimate of drug-likeness (QED) is 0.699. The average Bonchev–Trinajstić information content (AvgIpc) is 2.47. The zero-order chi connectivity index (χ0) is 9.54. The van der Waals surface area contributed by atoms with Gasteiger partial charge in [0, 0.05) is 13.1 Å². The van der Waals surface area contributed by atoms with Crippen LogP contribution in [0.2, 0.25) is 5.28 Å². The van der Waals surface area contributed by atoms with Crippen molar-refractivity contribution >= 4 is 39.0 Å². The van der Waals surface area contributed by atoms with Crippen molar-refractivity contribution in [1.82, 2.24) is 9.97 Å². The van der Waals surface area contributed by atoms with Crippen molar-refractivity contribution in [2.24, 2.45) is 0 Å². The maximum absolute atomic E-state index is 5.86. The minimum Gasteiger partial charge on any atom is -0.356 e. The topological polar surface area (TPSA) is 29.0 Å². The number of nitrogens with zero attached hydrogens (tertiary/aromatic N) is 3. The number of fused-ring (bicyclic) bond motifs is 1. The zero-order valence-electron chi connectivity index (χ0n) is 7.40. The first-order valence-corrected chi connectivity index (χ1v) is 5.76. The molecule has 1 aliphatic rings. The second-order valence-electron chi connectivity index (χ2n) is 3.30. The Kier molecular flexibility index (Phi) is 1.85. The van der Waals surface area contributed by atoms with Gasteiger partial charge in [0.15, 0.2) is 0 Å². The fraction of sp³-hybridized carbons (Fsp3) is 0.333. The lowest BCUT2D eigenvalue weighted by Gasteiger charge is -2.32. The summed E-state index contributed by atoms with van der Waals surface area (Å²) in [5.41, 5.74) is 0. The molecule has 0 radical (unpaired) electrons. The Morgan fingerprint density at radius 2 is 2.21 bits per heavy atom. The number of thiophene rings is 1. The molecule has 0 unspecified atom stereocenters. The molecular formula is C9H8ClN3S. The number of rotatable bonds is 1. The molecule has 0 atom stereocenters. The van der Waals surface area contributed by atoms with E-state index in [1.807, 2.05) is 5.38 Å². The van der Waals surface area contributed by atoms with E-state index in [0.717, 1.165) is 29.1 Å². The Hall–Kier alpha value is -0.870. The highest BCUT2D eigenvalue weighted by atomic mass is 35.5. The van der Waals surface area contributed by atoms with Crippen molar-refractivity contribution in [2.45, 2.75) is 6.42 Å². The molecule has 2 aromatic rings. The van der Waals surface area contributed by atoms with Gasteiger partial charge < -0.3 is 4.90 Å². The van der Waals surface area contributed by atoms with Gasteiger partial charge in [-0.2, -0.15) is 4.98 Å². The lowest BCUT2D eigenvalue weighted by molar-refractivity contribution is 0.612. The first kappa shape index (κ1) is 8.44. The van der Waals surface area contributed by atoms with Gasteiger partial charge in [0.05, 0.1) is 5.39 Å². The van der Waals surface area contributed by atoms with Crippen LogP contribution in [0.15, 0.2) is 11.4 Å². The van der Waals surface area contributed by atoms with Crippen molar-refractivity contribution in [1.29, 1.82) is 0 Å². The molecule has 2 aromatic heterocycles. The van der Waals surface area contributed by atoms with E-state index in [-0.39, 0.29) is 0 Å². The predicted octanol–water partition coefficient (Wildman–Crippen LogP) is 2.55. The molecule has 1 fully saturated rings. The highest BCUT2D eigenvalue weighted by Crippen LogP contribution is 2.31. The lowest BCUT2D eigenvalue weighted by atomic mass is 10.2. The Morgan fingerprint density at radius 1 is 1.36 bits per heavy atom. The van der Waals surface area contributed by atoms with E-state index in [1.165, 1.54) is 6.42 Å². The van der Waals surface area contributed by atoms with Gasteiger partial charge in [-0.25, -0.2) is 4.98 Å². The van der Waals surface area contributed by atoms with Crippen LogP contribution in [-0.4, -0.2) is 23.1 Å². The van der Waals surface area contributed by atoms with E-state index < -0.39 is 0 Å². The molecule has 0 amide bonds. The molecule has 72 valence electrons. The Balaban J connectivity index is 2.23. The third-order valence-corrected chi connectivity index (χ3v) is 3.41. The van der Waals surface area contributed by atoms with Gasteiger partial charge in [-0.15, -0.1) is 11.3 Å². The van der Waals surface area contributed by atoms with Crippen LogP contribution >= 0.6 is 22.9 Å². The zero-order valence-corrected chi connectivity index (χ0v) is 8.98. The van der Waals surface area contributed by atoms with Gasteiger partial charge in [-0.1, -0.05) is 0 Å². The van der Waals surface area contributed by atoms with Crippen molar-refractivity contribution in [3.05, 3.63) is 16.7 Å². The normalized spacial score (nSPS) is 15.9. The van der Waals surface area contributed by atoms with Crippen molar-refractivity contribution in [2.75, 3.05) is 18.0 Å². The molecule has 0 spiro atoms. The Labute approximate surface area is 90.3 Å². The van der Waals surface area contributed by atoms with Crippen LogP contribution in [0.25, 0.3) is 10.2 Å². The fourth-order valence-corrected chi connectivity index (χ4v) is 2.56. The van der Waals surface area contributed by atoms with Gasteiger partial charge in [0.1, 0.15) is 10.6 Å². The van der Waals surface area contributed by atoms with Crippen LogP contribution in [-0.2, 0) is 0 Å². The highest BCUT2D eigenvalue weighted by Gasteiger charge is 2.19. The predicted molar refractivity (Wildman–Crippen MR) is 59.3 cm³/mol. The van der Waals surface area contributed by atoms with Gasteiger partial charge >= 0.3 is 0 Å². The standard InChI is InChI=1S/C9H8ClN3S/c10-9-11-7(13-3-1-4-13)6-2-5-14-8(6)12-9/h2,5H,1,3-4H2. The summed E-state index contributed by atoms with van der Waals surface area (Å²) in [5.74, 6) is 0.993. The van der Waals surface area contributed by atoms with Crippen molar-refractivity contribution < 1.29 is 0 Å². The van der Waals surface area contributed by atoms with Crippen molar-refractivity contribution in [3.63, 3.8) is 0 Å². The molecule has 14 heavy (non-hydrogen) atoms. The van der Waals surface area contributed by atoms with Crippen LogP contribution in [0, 0.1) is 0 Å². The fourth-order valence-electron chi connectivity index (χ4n) is 1.58. The summed E-state index contributed by atoms with van der Waals surface area (Å²) >= 11 is 7.47. The molecule has 0 aromatic carbocycles. The first-order chi connectivity index (χ1) is 6.84. The van der Waals surface area contributed by atoms with E-state index in [2.05, 4.69) is 20.9 Å². The smallest absolute Gasteiger partial charge is 0.225 e. The van der Waals surface area contributed by atoms with E-state index >= 15 is 0 Å². The van der Waals surface area contributed by atoms with E-state index in [1.54, 1.807) is 11.3 Å². The molecule has 0 bridgehead atoms. The van der Waals surface area contributed by atoms with E-state index in [9.17, 15) is 0 Å². The first-order valence-electron chi connectivity index (χ1n) is 4.50. The number of halogens is 1. The third-order valence-electron chi connectivity index (χ3n) is 2.43. The van der Waals surface area contributed by atoms with E-state index in [0.29, 0.717) is 5.28 Å². The summed E-state index contributed by atoms with van der Waals surface area (Å²) < 4.78 is 0. The van der Waals surface area contributed by atoms with Gasteiger partial charge in [-0.3, -0.25) is 0 Å². The molecule has 3 rings (SSSR count). The molecule has 0 N–H and O–H groups in total. The van der Waals surface area contributed by atoms with E-state index in [4.69, 9.17) is 11.6 Å². The highest BCUT2D eigenvalue weighted by molar-refractivity contribution is 7.16. The Bertz CT molecular complexity index is 478. The lowest BCUT2D eigenvalue weighted by Crippen LogP contribution is -2.37. The van der Waals surface area contributed by atoms with Crippen molar-refractivity contribution in [3.8, 4) is 0 Å². The molecule has 3 heterocycles. The largest absolute Gasteiger partial charge is 0.356 e. The second-order valence-corrected chi connectivity index (χ2v) is 4.53. The number of hydrogen-bond acceptors (Lipinski definition) is 4. The third kappa shape index (κ3) is 1.18. The van der Waals surface area contributed by atoms with Crippen LogP contribution in [0.1, 0.15) is 6.42 Å². The van der Waals surface area contributed by atoms with Crippen LogP contribution < -0.4 is 4.90 Å². The summed E-state index contributed by atoms with van der Waals surface area (Å²) in [4.78, 5) is 11.7. The SMILES string of the molecule is Clc1nc(N2CCC2)c2ccsc2n1. The van der Waals surface area contributed by atoms with Gasteiger partial charge in [0.25, 0.3) is 0 Å². The van der Waals surface area contributed by atoms with Gasteiger partial charge in [-0.05, 0) is 29.5 Å². The maximum Gasteiger partial charge on any atom is 0.225 e. The molecule has 1 aliphatic heterocycles. The molecule has 3 nitrogen and oxygen atoms in total. The number of hydrogen-bond donors (Lipinski definition) is 0.